The number of hydrogen-bond acceptors (Lipinski definition) is 5. The maximum atomic E-state index is 11.2. The summed E-state index contributed by atoms with van der Waals surface area (Å²) in [6.45, 7) is 4.82. The number of nitrogens with zero attached hydrogens (tertiary/aromatic N) is 3. The van der Waals surface area contributed by atoms with Crippen LogP contribution in [-0.2, 0) is 11.3 Å². The average Bonchev–Trinajstić information content (AvgIpc) is 2.54. The van der Waals surface area contributed by atoms with Crippen molar-refractivity contribution in [2.45, 2.75) is 32.4 Å². The number of aliphatic carboxylic acids is 1. The molecule has 1 heterocycles. The first-order valence-electron chi connectivity index (χ1n) is 8.01. The van der Waals surface area contributed by atoms with Crippen molar-refractivity contribution in [2.24, 2.45) is 0 Å². The van der Waals surface area contributed by atoms with Crippen molar-refractivity contribution in [3.05, 3.63) is 38.9 Å². The molecule has 1 aliphatic rings. The molecule has 1 aromatic rings. The fraction of sp³-hybridized carbons (Fsp3) is 0.562. The minimum atomic E-state index is -0.809. The van der Waals surface area contributed by atoms with Gasteiger partial charge in [-0.3, -0.25) is 24.7 Å². The van der Waals surface area contributed by atoms with Gasteiger partial charge < -0.3 is 5.11 Å². The molecule has 0 amide bonds. The Morgan fingerprint density at radius 2 is 2.12 bits per heavy atom. The van der Waals surface area contributed by atoms with E-state index in [0.29, 0.717) is 23.7 Å². The molecule has 7 nitrogen and oxygen atoms in total. The number of benzene rings is 1. The number of hydrogen-bond donors (Lipinski definition) is 1. The molecule has 0 bridgehead atoms. The summed E-state index contributed by atoms with van der Waals surface area (Å²) in [5.41, 5.74) is 0.700. The van der Waals surface area contributed by atoms with Crippen LogP contribution >= 0.6 is 11.6 Å². The van der Waals surface area contributed by atoms with Crippen LogP contribution in [-0.4, -0.2) is 58.0 Å². The summed E-state index contributed by atoms with van der Waals surface area (Å²) in [7, 11) is 0. The lowest BCUT2D eigenvalue weighted by Crippen LogP contribution is -2.46. The number of likely N-dealkylation sites (N-methyl/N-ethyl adjacent to an activating group) is 1. The second-order valence-electron chi connectivity index (χ2n) is 5.99. The molecule has 0 saturated carbocycles. The molecule has 0 radical (unpaired) electrons. The SMILES string of the molecule is CCN(CC(=O)O)C1CCN(Cc2ccc(Cl)cc2[N+](=O)[O-])CC1. The lowest BCUT2D eigenvalue weighted by molar-refractivity contribution is -0.385. The van der Waals surface area contributed by atoms with Crippen LogP contribution in [0.15, 0.2) is 18.2 Å². The van der Waals surface area contributed by atoms with Gasteiger partial charge in [0.2, 0.25) is 0 Å². The molecule has 8 heteroatoms. The van der Waals surface area contributed by atoms with Crippen molar-refractivity contribution >= 4 is 23.3 Å². The topological polar surface area (TPSA) is 86.9 Å². The van der Waals surface area contributed by atoms with Crippen molar-refractivity contribution in [1.82, 2.24) is 9.80 Å². The maximum Gasteiger partial charge on any atom is 0.317 e. The van der Waals surface area contributed by atoms with Gasteiger partial charge in [-0.1, -0.05) is 18.5 Å². The van der Waals surface area contributed by atoms with Gasteiger partial charge in [-0.25, -0.2) is 0 Å². The van der Waals surface area contributed by atoms with Gasteiger partial charge in [0.05, 0.1) is 11.5 Å². The van der Waals surface area contributed by atoms with E-state index in [0.717, 1.165) is 25.9 Å². The van der Waals surface area contributed by atoms with Gasteiger partial charge in [-0.15, -0.1) is 0 Å². The van der Waals surface area contributed by atoms with Crippen LogP contribution in [0.2, 0.25) is 5.02 Å². The Kier molecular flexibility index (Phi) is 6.53. The molecule has 0 aromatic heterocycles. The molecular formula is C16H22ClN3O4. The lowest BCUT2D eigenvalue weighted by atomic mass is 10.0. The van der Waals surface area contributed by atoms with Gasteiger partial charge in [0.25, 0.3) is 5.69 Å². The molecular weight excluding hydrogens is 334 g/mol. The summed E-state index contributed by atoms with van der Waals surface area (Å²) < 4.78 is 0. The fourth-order valence-corrected chi connectivity index (χ4v) is 3.36. The number of piperidine rings is 1. The van der Waals surface area contributed by atoms with Gasteiger partial charge in [0.1, 0.15) is 0 Å². The summed E-state index contributed by atoms with van der Waals surface area (Å²) in [5, 5.41) is 20.5. The molecule has 0 unspecified atom stereocenters. The molecule has 1 aromatic carbocycles. The molecule has 1 fully saturated rings. The zero-order valence-corrected chi connectivity index (χ0v) is 14.4. The third kappa shape index (κ3) is 4.90. The van der Waals surface area contributed by atoms with Gasteiger partial charge in [0.15, 0.2) is 0 Å². The van der Waals surface area contributed by atoms with Gasteiger partial charge in [-0.05, 0) is 44.6 Å². The van der Waals surface area contributed by atoms with Crippen molar-refractivity contribution in [3.63, 3.8) is 0 Å². The Balaban J connectivity index is 1.96. The van der Waals surface area contributed by atoms with Crippen molar-refractivity contribution in [1.29, 1.82) is 0 Å². The molecule has 132 valence electrons. The molecule has 1 saturated heterocycles. The summed E-state index contributed by atoms with van der Waals surface area (Å²) >= 11 is 5.84. The van der Waals surface area contributed by atoms with E-state index in [1.165, 1.54) is 6.07 Å². The van der Waals surface area contributed by atoms with E-state index in [1.807, 2.05) is 11.8 Å². The van der Waals surface area contributed by atoms with Gasteiger partial charge >= 0.3 is 5.97 Å². The number of likely N-dealkylation sites (tertiary alicyclic amines) is 1. The third-order valence-electron chi connectivity index (χ3n) is 4.46. The lowest BCUT2D eigenvalue weighted by Gasteiger charge is -2.37. The van der Waals surface area contributed by atoms with Gasteiger partial charge in [0, 0.05) is 29.2 Å². The second kappa shape index (κ2) is 8.41. The molecule has 2 rings (SSSR count). The third-order valence-corrected chi connectivity index (χ3v) is 4.69. The Morgan fingerprint density at radius 1 is 1.46 bits per heavy atom. The van der Waals surface area contributed by atoms with E-state index < -0.39 is 10.9 Å². The van der Waals surface area contributed by atoms with Crippen LogP contribution in [0.5, 0.6) is 0 Å². The predicted molar refractivity (Wildman–Crippen MR) is 91.3 cm³/mol. The Hall–Kier alpha value is -1.70. The molecule has 0 aliphatic carbocycles. The molecule has 0 spiro atoms. The summed E-state index contributed by atoms with van der Waals surface area (Å²) in [4.78, 5) is 25.8. The zero-order chi connectivity index (χ0) is 17.7. The monoisotopic (exact) mass is 355 g/mol. The number of carboxylic acids is 1. The van der Waals surface area contributed by atoms with Gasteiger partial charge in [-0.2, -0.15) is 0 Å². The molecule has 24 heavy (non-hydrogen) atoms. The average molecular weight is 356 g/mol. The van der Waals surface area contributed by atoms with E-state index >= 15 is 0 Å². The molecule has 1 aliphatic heterocycles. The van der Waals surface area contributed by atoms with Crippen LogP contribution < -0.4 is 0 Å². The number of nitro groups is 1. The first-order chi connectivity index (χ1) is 11.4. The largest absolute Gasteiger partial charge is 0.480 e. The number of rotatable bonds is 7. The standard InChI is InChI=1S/C16H22ClN3O4/c1-2-19(11-16(21)22)14-5-7-18(8-6-14)10-12-3-4-13(17)9-15(12)20(23)24/h3-4,9,14H,2,5-8,10-11H2,1H3,(H,21,22). The maximum absolute atomic E-state index is 11.2. The van der Waals surface area contributed by atoms with E-state index in [4.69, 9.17) is 16.7 Å². The minimum absolute atomic E-state index is 0.0469. The second-order valence-corrected chi connectivity index (χ2v) is 6.43. The number of carboxylic acid groups (broad SMARTS) is 1. The number of nitro benzene ring substituents is 1. The summed E-state index contributed by atoms with van der Waals surface area (Å²) in [6.07, 6.45) is 1.73. The van der Waals surface area contributed by atoms with E-state index in [9.17, 15) is 14.9 Å². The highest BCUT2D eigenvalue weighted by atomic mass is 35.5. The number of halogens is 1. The van der Waals surface area contributed by atoms with Crippen LogP contribution in [0.1, 0.15) is 25.3 Å². The highest BCUT2D eigenvalue weighted by Gasteiger charge is 2.26. The Bertz CT molecular complexity index is 603. The highest BCUT2D eigenvalue weighted by molar-refractivity contribution is 6.30. The summed E-state index contributed by atoms with van der Waals surface area (Å²) in [6, 6.07) is 5.01. The highest BCUT2D eigenvalue weighted by Crippen LogP contribution is 2.26. The van der Waals surface area contributed by atoms with Crippen molar-refractivity contribution < 1.29 is 14.8 Å². The van der Waals surface area contributed by atoms with E-state index in [1.54, 1.807) is 12.1 Å². The fourth-order valence-electron chi connectivity index (χ4n) is 3.20. The Morgan fingerprint density at radius 3 is 2.67 bits per heavy atom. The van der Waals surface area contributed by atoms with Crippen LogP contribution in [0.4, 0.5) is 5.69 Å². The molecule has 1 N–H and O–H groups in total. The normalized spacial score (nSPS) is 16.5. The quantitative estimate of drug-likeness (QED) is 0.597. The van der Waals surface area contributed by atoms with E-state index in [2.05, 4.69) is 4.90 Å². The predicted octanol–water partition coefficient (Wildman–Crippen LogP) is 2.62. The van der Waals surface area contributed by atoms with Crippen LogP contribution in [0, 0.1) is 10.1 Å². The number of carbonyl (C=O) groups is 1. The zero-order valence-electron chi connectivity index (χ0n) is 13.7. The van der Waals surface area contributed by atoms with Crippen molar-refractivity contribution in [2.75, 3.05) is 26.2 Å². The van der Waals surface area contributed by atoms with Crippen LogP contribution in [0.3, 0.4) is 0 Å². The van der Waals surface area contributed by atoms with Crippen molar-refractivity contribution in [3.8, 4) is 0 Å². The first-order valence-corrected chi connectivity index (χ1v) is 8.39. The van der Waals surface area contributed by atoms with E-state index in [-0.39, 0.29) is 18.3 Å². The smallest absolute Gasteiger partial charge is 0.317 e. The Labute approximate surface area is 146 Å². The minimum Gasteiger partial charge on any atom is -0.480 e. The first kappa shape index (κ1) is 18.6. The summed E-state index contributed by atoms with van der Waals surface area (Å²) in [5.74, 6) is -0.809. The molecule has 0 atom stereocenters. The van der Waals surface area contributed by atoms with Crippen LogP contribution in [0.25, 0.3) is 0 Å².